The van der Waals surface area contributed by atoms with Crippen molar-refractivity contribution in [3.05, 3.63) is 23.4 Å². The molecule has 0 heterocycles. The molecule has 0 fully saturated rings. The summed E-state index contributed by atoms with van der Waals surface area (Å²) in [7, 11) is 3.97. The van der Waals surface area contributed by atoms with Crippen molar-refractivity contribution in [2.45, 2.75) is 13.8 Å². The van der Waals surface area contributed by atoms with E-state index in [1.807, 2.05) is 38.9 Å². The van der Waals surface area contributed by atoms with Gasteiger partial charge >= 0.3 is 0 Å². The van der Waals surface area contributed by atoms with Crippen LogP contribution in [0.4, 0.5) is 0 Å². The number of allylic oxidation sites excluding steroid dienone is 4. The normalized spacial score (nSPS) is 13.5. The summed E-state index contributed by atoms with van der Waals surface area (Å²) < 4.78 is 0. The van der Waals surface area contributed by atoms with E-state index in [-0.39, 0.29) is 0 Å². The van der Waals surface area contributed by atoms with Gasteiger partial charge in [0.2, 0.25) is 6.41 Å². The lowest BCUT2D eigenvalue weighted by molar-refractivity contribution is -0.106. The minimum absolute atomic E-state index is 0.520. The molecule has 0 atom stereocenters. The third kappa shape index (κ3) is 5.84. The maximum Gasteiger partial charge on any atom is 0.232 e. The van der Waals surface area contributed by atoms with Gasteiger partial charge in [0.15, 0.2) is 0 Å². The van der Waals surface area contributed by atoms with Gasteiger partial charge in [-0.25, -0.2) is 4.99 Å². The summed E-state index contributed by atoms with van der Waals surface area (Å²) in [5, 5.41) is 0. The predicted octanol–water partition coefficient (Wildman–Crippen LogP) is 1.63. The monoisotopic (exact) mass is 180 g/mol. The molecule has 0 bridgehead atoms. The van der Waals surface area contributed by atoms with E-state index >= 15 is 0 Å². The molecule has 1 amide bonds. The summed E-state index contributed by atoms with van der Waals surface area (Å²) in [4.78, 5) is 15.3. The highest BCUT2D eigenvalue weighted by molar-refractivity contribution is 5.79. The van der Waals surface area contributed by atoms with Crippen LogP contribution in [0.1, 0.15) is 13.8 Å². The Bertz CT molecular complexity index is 250. The molecule has 0 aliphatic carbocycles. The van der Waals surface area contributed by atoms with E-state index in [1.54, 1.807) is 6.08 Å². The first-order chi connectivity index (χ1) is 6.07. The fourth-order valence-electron chi connectivity index (χ4n) is 0.702. The number of rotatable bonds is 4. The highest BCUT2D eigenvalue weighted by Gasteiger charge is 1.89. The van der Waals surface area contributed by atoms with Gasteiger partial charge in [-0.05, 0) is 31.6 Å². The van der Waals surface area contributed by atoms with Crippen molar-refractivity contribution in [2.75, 3.05) is 14.1 Å². The molecule has 72 valence electrons. The van der Waals surface area contributed by atoms with Crippen LogP contribution in [0.2, 0.25) is 0 Å². The van der Waals surface area contributed by atoms with Crippen molar-refractivity contribution < 1.29 is 4.79 Å². The first-order valence-electron chi connectivity index (χ1n) is 4.07. The van der Waals surface area contributed by atoms with Crippen molar-refractivity contribution in [1.82, 2.24) is 4.90 Å². The summed E-state index contributed by atoms with van der Waals surface area (Å²) in [6.45, 7) is 3.98. The topological polar surface area (TPSA) is 32.7 Å². The van der Waals surface area contributed by atoms with Crippen LogP contribution in [0.3, 0.4) is 0 Å². The van der Waals surface area contributed by atoms with E-state index in [0.29, 0.717) is 6.41 Å². The number of carbonyl (C=O) groups excluding carboxylic acids is 1. The van der Waals surface area contributed by atoms with Gasteiger partial charge in [-0.3, -0.25) is 4.79 Å². The molecule has 0 aliphatic heterocycles. The number of hydrogen-bond donors (Lipinski definition) is 0. The van der Waals surface area contributed by atoms with Gasteiger partial charge in [0.1, 0.15) is 0 Å². The predicted molar refractivity (Wildman–Crippen MR) is 55.8 cm³/mol. The average Bonchev–Trinajstić information content (AvgIpc) is 2.04. The second-order valence-corrected chi connectivity index (χ2v) is 2.99. The SMILES string of the molecule is CC(=C/C=NC=O)/C=C(\C)N(C)C. The Morgan fingerprint density at radius 3 is 2.38 bits per heavy atom. The van der Waals surface area contributed by atoms with Gasteiger partial charge in [0.05, 0.1) is 0 Å². The molecule has 13 heavy (non-hydrogen) atoms. The third-order valence-electron chi connectivity index (χ3n) is 1.63. The minimum Gasteiger partial charge on any atom is -0.381 e. The molecule has 0 N–H and O–H groups in total. The average molecular weight is 180 g/mol. The van der Waals surface area contributed by atoms with E-state index in [1.165, 1.54) is 6.21 Å². The fourth-order valence-corrected chi connectivity index (χ4v) is 0.702. The third-order valence-corrected chi connectivity index (χ3v) is 1.63. The summed E-state index contributed by atoms with van der Waals surface area (Å²) in [5.41, 5.74) is 2.23. The molecule has 0 saturated carbocycles. The van der Waals surface area contributed by atoms with Crippen molar-refractivity contribution in [1.29, 1.82) is 0 Å². The second-order valence-electron chi connectivity index (χ2n) is 2.99. The molecule has 0 saturated heterocycles. The van der Waals surface area contributed by atoms with Crippen LogP contribution >= 0.6 is 0 Å². The Labute approximate surface area is 79.5 Å². The summed E-state index contributed by atoms with van der Waals surface area (Å²) in [6, 6.07) is 0. The van der Waals surface area contributed by atoms with Gasteiger partial charge in [0, 0.05) is 26.0 Å². The zero-order valence-corrected chi connectivity index (χ0v) is 8.61. The second kappa shape index (κ2) is 6.17. The Kier molecular flexibility index (Phi) is 5.52. The summed E-state index contributed by atoms with van der Waals surface area (Å²) in [5.74, 6) is 0. The molecule has 3 nitrogen and oxygen atoms in total. The molecule has 0 aromatic heterocycles. The highest BCUT2D eigenvalue weighted by Crippen LogP contribution is 2.02. The highest BCUT2D eigenvalue weighted by atomic mass is 16.1. The Morgan fingerprint density at radius 2 is 1.92 bits per heavy atom. The van der Waals surface area contributed by atoms with Gasteiger partial charge < -0.3 is 4.90 Å². The quantitative estimate of drug-likeness (QED) is 0.374. The van der Waals surface area contributed by atoms with E-state index in [9.17, 15) is 4.79 Å². The van der Waals surface area contributed by atoms with E-state index in [0.717, 1.165) is 11.3 Å². The molecular formula is C10H16N2O. The van der Waals surface area contributed by atoms with Crippen molar-refractivity contribution in [2.24, 2.45) is 4.99 Å². The number of amides is 1. The Balaban J connectivity index is 4.35. The molecule has 0 aromatic rings. The zero-order valence-electron chi connectivity index (χ0n) is 8.61. The molecule has 0 aliphatic rings. The van der Waals surface area contributed by atoms with E-state index in [2.05, 4.69) is 4.99 Å². The van der Waals surface area contributed by atoms with Gasteiger partial charge in [-0.1, -0.05) is 0 Å². The van der Waals surface area contributed by atoms with Crippen molar-refractivity contribution >= 4 is 12.6 Å². The minimum atomic E-state index is 0.520. The zero-order chi connectivity index (χ0) is 10.3. The van der Waals surface area contributed by atoms with Crippen LogP contribution in [0.15, 0.2) is 28.4 Å². The lowest BCUT2D eigenvalue weighted by atomic mass is 10.2. The van der Waals surface area contributed by atoms with Crippen LogP contribution in [-0.4, -0.2) is 31.6 Å². The largest absolute Gasteiger partial charge is 0.381 e. The maximum atomic E-state index is 9.87. The molecule has 0 rings (SSSR count). The standard InChI is InChI=1S/C10H16N2O/c1-9(5-6-11-8-13)7-10(2)12(3)4/h5-8H,1-4H3/b9-5-,10-7+,11-6?. The first-order valence-corrected chi connectivity index (χ1v) is 4.07. The van der Waals surface area contributed by atoms with Crippen LogP contribution in [0.5, 0.6) is 0 Å². The van der Waals surface area contributed by atoms with Crippen LogP contribution in [-0.2, 0) is 4.79 Å². The smallest absolute Gasteiger partial charge is 0.232 e. The van der Waals surface area contributed by atoms with Gasteiger partial charge in [-0.2, -0.15) is 0 Å². The lowest BCUT2D eigenvalue weighted by Gasteiger charge is -2.12. The molecule has 0 unspecified atom stereocenters. The maximum absolute atomic E-state index is 9.87. The van der Waals surface area contributed by atoms with Crippen LogP contribution in [0, 0.1) is 0 Å². The molecule has 0 spiro atoms. The molecular weight excluding hydrogens is 164 g/mol. The summed E-state index contributed by atoms with van der Waals surface area (Å²) in [6.07, 6.45) is 5.83. The van der Waals surface area contributed by atoms with Gasteiger partial charge in [0.25, 0.3) is 0 Å². The Hall–Kier alpha value is -1.38. The van der Waals surface area contributed by atoms with Gasteiger partial charge in [-0.15, -0.1) is 0 Å². The number of carbonyl (C=O) groups is 1. The Morgan fingerprint density at radius 1 is 1.31 bits per heavy atom. The van der Waals surface area contributed by atoms with Crippen LogP contribution in [0.25, 0.3) is 0 Å². The molecule has 0 aromatic carbocycles. The van der Waals surface area contributed by atoms with Crippen molar-refractivity contribution in [3.63, 3.8) is 0 Å². The van der Waals surface area contributed by atoms with E-state index in [4.69, 9.17) is 0 Å². The van der Waals surface area contributed by atoms with E-state index < -0.39 is 0 Å². The lowest BCUT2D eigenvalue weighted by Crippen LogP contribution is -2.07. The number of nitrogens with zero attached hydrogens (tertiary/aromatic N) is 2. The number of hydrogen-bond acceptors (Lipinski definition) is 2. The van der Waals surface area contributed by atoms with Crippen molar-refractivity contribution in [3.8, 4) is 0 Å². The molecule has 0 radical (unpaired) electrons. The fraction of sp³-hybridized carbons (Fsp3) is 0.400. The van der Waals surface area contributed by atoms with Crippen LogP contribution < -0.4 is 0 Å². The first kappa shape index (κ1) is 11.6. The number of aliphatic imine (C=N–C) groups is 1. The molecule has 3 heteroatoms. The summed E-state index contributed by atoms with van der Waals surface area (Å²) >= 11 is 0.